The molecule has 37 heavy (non-hydrogen) atoms. The van der Waals surface area contributed by atoms with E-state index in [-0.39, 0.29) is 6.61 Å². The summed E-state index contributed by atoms with van der Waals surface area (Å²) in [5, 5.41) is 3.98. The maximum absolute atomic E-state index is 12.4. The van der Waals surface area contributed by atoms with E-state index in [2.05, 4.69) is 10.5 Å². The number of carbonyl (C=O) groups is 2. The Labute approximate surface area is 215 Å². The van der Waals surface area contributed by atoms with Crippen LogP contribution in [0.4, 0.5) is 0 Å². The van der Waals surface area contributed by atoms with Gasteiger partial charge >= 0.3 is 5.97 Å². The molecule has 4 aromatic carbocycles. The number of benzene rings is 4. The summed E-state index contributed by atoms with van der Waals surface area (Å²) < 4.78 is 16.7. The zero-order valence-corrected chi connectivity index (χ0v) is 20.3. The van der Waals surface area contributed by atoms with Gasteiger partial charge in [0.15, 0.2) is 18.1 Å². The zero-order valence-electron chi connectivity index (χ0n) is 20.3. The van der Waals surface area contributed by atoms with Gasteiger partial charge < -0.3 is 14.2 Å². The van der Waals surface area contributed by atoms with Crippen LogP contribution in [0.25, 0.3) is 11.1 Å². The monoisotopic (exact) mass is 494 g/mol. The maximum Gasteiger partial charge on any atom is 0.343 e. The molecular weight excluding hydrogens is 468 g/mol. The SMILES string of the molecule is CCOc1cc(/C=N\NC(=O)COc2ccc(-c3ccccc3)cc2)ccc1OC(=O)c1ccccc1. The predicted octanol–water partition coefficient (Wildman–Crippen LogP) is 5.50. The van der Waals surface area contributed by atoms with Crippen LogP contribution in [0.15, 0.2) is 108 Å². The average molecular weight is 495 g/mol. The summed E-state index contributed by atoms with van der Waals surface area (Å²) in [4.78, 5) is 24.5. The number of hydrogen-bond donors (Lipinski definition) is 1. The average Bonchev–Trinajstić information content (AvgIpc) is 2.94. The minimum atomic E-state index is -0.482. The molecule has 0 heterocycles. The van der Waals surface area contributed by atoms with Crippen molar-refractivity contribution >= 4 is 18.1 Å². The topological polar surface area (TPSA) is 86.2 Å². The molecule has 1 N–H and O–H groups in total. The third-order valence-electron chi connectivity index (χ3n) is 5.21. The van der Waals surface area contributed by atoms with E-state index < -0.39 is 11.9 Å². The van der Waals surface area contributed by atoms with Gasteiger partial charge in [0, 0.05) is 0 Å². The van der Waals surface area contributed by atoms with E-state index in [9.17, 15) is 9.59 Å². The number of hydrogen-bond acceptors (Lipinski definition) is 6. The van der Waals surface area contributed by atoms with Crippen molar-refractivity contribution in [2.24, 2.45) is 5.10 Å². The molecule has 0 aliphatic rings. The summed E-state index contributed by atoms with van der Waals surface area (Å²) in [7, 11) is 0. The Bertz CT molecular complexity index is 1350. The lowest BCUT2D eigenvalue weighted by Crippen LogP contribution is -2.24. The molecule has 1 amide bonds. The molecule has 0 aliphatic carbocycles. The molecular formula is C30H26N2O5. The summed E-state index contributed by atoms with van der Waals surface area (Å²) in [6, 6.07) is 31.2. The number of carbonyl (C=O) groups excluding carboxylic acids is 2. The highest BCUT2D eigenvalue weighted by atomic mass is 16.6. The lowest BCUT2D eigenvalue weighted by molar-refractivity contribution is -0.123. The largest absolute Gasteiger partial charge is 0.490 e. The van der Waals surface area contributed by atoms with Gasteiger partial charge in [-0.25, -0.2) is 10.2 Å². The van der Waals surface area contributed by atoms with Crippen molar-refractivity contribution in [3.8, 4) is 28.4 Å². The first kappa shape index (κ1) is 25.2. The first-order valence-electron chi connectivity index (χ1n) is 11.8. The lowest BCUT2D eigenvalue weighted by Gasteiger charge is -2.11. The second-order valence-electron chi connectivity index (χ2n) is 7.87. The van der Waals surface area contributed by atoms with Gasteiger partial charge in [-0.1, -0.05) is 60.7 Å². The van der Waals surface area contributed by atoms with Crippen LogP contribution in [0.2, 0.25) is 0 Å². The van der Waals surface area contributed by atoms with Gasteiger partial charge in [-0.2, -0.15) is 5.10 Å². The lowest BCUT2D eigenvalue weighted by atomic mass is 10.1. The van der Waals surface area contributed by atoms with Gasteiger partial charge in [-0.05, 0) is 66.1 Å². The normalized spacial score (nSPS) is 10.6. The highest BCUT2D eigenvalue weighted by Crippen LogP contribution is 2.29. The fourth-order valence-corrected chi connectivity index (χ4v) is 3.42. The van der Waals surface area contributed by atoms with E-state index in [0.717, 1.165) is 11.1 Å². The van der Waals surface area contributed by atoms with Gasteiger partial charge in [0.1, 0.15) is 5.75 Å². The van der Waals surface area contributed by atoms with Gasteiger partial charge in [-0.3, -0.25) is 4.79 Å². The van der Waals surface area contributed by atoms with Crippen molar-refractivity contribution in [1.82, 2.24) is 5.43 Å². The Balaban J connectivity index is 1.30. The van der Waals surface area contributed by atoms with Crippen LogP contribution in [-0.2, 0) is 4.79 Å². The second kappa shape index (κ2) is 12.7. The number of nitrogens with one attached hydrogen (secondary N) is 1. The van der Waals surface area contributed by atoms with E-state index in [1.54, 1.807) is 42.5 Å². The molecule has 7 heteroatoms. The second-order valence-corrected chi connectivity index (χ2v) is 7.87. The number of nitrogens with zero attached hydrogens (tertiary/aromatic N) is 1. The third-order valence-corrected chi connectivity index (χ3v) is 5.21. The molecule has 0 saturated heterocycles. The Kier molecular flexibility index (Phi) is 8.64. The van der Waals surface area contributed by atoms with Crippen LogP contribution >= 0.6 is 0 Å². The Morgan fingerprint density at radius 2 is 1.46 bits per heavy atom. The van der Waals surface area contributed by atoms with Crippen LogP contribution in [-0.4, -0.2) is 31.3 Å². The highest BCUT2D eigenvalue weighted by Gasteiger charge is 2.13. The molecule has 186 valence electrons. The molecule has 0 radical (unpaired) electrons. The molecule has 0 unspecified atom stereocenters. The first-order chi connectivity index (χ1) is 18.1. The van der Waals surface area contributed by atoms with Gasteiger partial charge in [-0.15, -0.1) is 0 Å². The van der Waals surface area contributed by atoms with Gasteiger partial charge in [0.2, 0.25) is 0 Å². The minimum absolute atomic E-state index is 0.180. The fourth-order valence-electron chi connectivity index (χ4n) is 3.42. The number of ether oxygens (including phenoxy) is 3. The van der Waals surface area contributed by atoms with E-state index in [1.807, 2.05) is 67.6 Å². The molecule has 0 spiro atoms. The Morgan fingerprint density at radius 1 is 0.784 bits per heavy atom. The number of rotatable bonds is 10. The standard InChI is InChI=1S/C30H26N2O5/c1-2-35-28-19-22(13-18-27(28)37-30(34)25-11-7-4-8-12-25)20-31-32-29(33)21-36-26-16-14-24(15-17-26)23-9-5-3-6-10-23/h3-20H,2,21H2,1H3,(H,32,33)/b31-20-. The molecule has 0 aliphatic heterocycles. The van der Waals surface area contributed by atoms with E-state index >= 15 is 0 Å². The quantitative estimate of drug-likeness (QED) is 0.136. The molecule has 4 rings (SSSR count). The van der Waals surface area contributed by atoms with Crippen LogP contribution in [0.5, 0.6) is 17.2 Å². The van der Waals surface area contributed by atoms with Crippen molar-refractivity contribution < 1.29 is 23.8 Å². The molecule has 0 fully saturated rings. The van der Waals surface area contributed by atoms with Crippen molar-refractivity contribution in [1.29, 1.82) is 0 Å². The van der Waals surface area contributed by atoms with Crippen LogP contribution in [0, 0.1) is 0 Å². The van der Waals surface area contributed by atoms with Crippen LogP contribution in [0.3, 0.4) is 0 Å². The Morgan fingerprint density at radius 3 is 2.16 bits per heavy atom. The summed E-state index contributed by atoms with van der Waals surface area (Å²) in [6.45, 7) is 2.04. The highest BCUT2D eigenvalue weighted by molar-refractivity contribution is 5.91. The van der Waals surface area contributed by atoms with E-state index in [0.29, 0.717) is 35.0 Å². The van der Waals surface area contributed by atoms with Crippen molar-refractivity contribution in [2.75, 3.05) is 13.2 Å². The smallest absolute Gasteiger partial charge is 0.343 e. The predicted molar refractivity (Wildman–Crippen MR) is 142 cm³/mol. The zero-order chi connectivity index (χ0) is 25.9. The van der Waals surface area contributed by atoms with Crippen LogP contribution < -0.4 is 19.6 Å². The molecule has 7 nitrogen and oxygen atoms in total. The minimum Gasteiger partial charge on any atom is -0.490 e. The van der Waals surface area contributed by atoms with Crippen LogP contribution in [0.1, 0.15) is 22.8 Å². The van der Waals surface area contributed by atoms with Crippen molar-refractivity contribution in [3.63, 3.8) is 0 Å². The molecule has 4 aromatic rings. The number of amides is 1. The summed E-state index contributed by atoms with van der Waals surface area (Å²) >= 11 is 0. The first-order valence-corrected chi connectivity index (χ1v) is 11.8. The molecule has 0 aromatic heterocycles. The van der Waals surface area contributed by atoms with Crippen molar-refractivity contribution in [3.05, 3.63) is 114 Å². The maximum atomic E-state index is 12.4. The molecule has 0 atom stereocenters. The number of esters is 1. The van der Waals surface area contributed by atoms with Gasteiger partial charge in [0.25, 0.3) is 5.91 Å². The number of hydrazone groups is 1. The fraction of sp³-hybridized carbons (Fsp3) is 0.100. The summed E-state index contributed by atoms with van der Waals surface area (Å²) in [6.07, 6.45) is 1.47. The third kappa shape index (κ3) is 7.29. The van der Waals surface area contributed by atoms with Gasteiger partial charge in [0.05, 0.1) is 18.4 Å². The summed E-state index contributed by atoms with van der Waals surface area (Å²) in [5.74, 6) is 0.389. The van der Waals surface area contributed by atoms with E-state index in [1.165, 1.54) is 6.21 Å². The Hall–Kier alpha value is -4.91. The molecule has 0 bridgehead atoms. The summed E-state index contributed by atoms with van der Waals surface area (Å²) in [5.41, 5.74) is 5.70. The molecule has 0 saturated carbocycles. The van der Waals surface area contributed by atoms with Crippen molar-refractivity contribution in [2.45, 2.75) is 6.92 Å². The van der Waals surface area contributed by atoms with E-state index in [4.69, 9.17) is 14.2 Å².